The van der Waals surface area contributed by atoms with Crippen molar-refractivity contribution in [1.29, 1.82) is 0 Å². The smallest absolute Gasteiger partial charge is 0.270 e. The normalized spacial score (nSPS) is 20.8. The van der Waals surface area contributed by atoms with Crippen molar-refractivity contribution in [3.8, 4) is 0 Å². The quantitative estimate of drug-likeness (QED) is 0.862. The van der Waals surface area contributed by atoms with E-state index >= 15 is 0 Å². The van der Waals surface area contributed by atoms with Crippen LogP contribution in [0.1, 0.15) is 29.3 Å². The van der Waals surface area contributed by atoms with E-state index in [0.29, 0.717) is 11.6 Å². The predicted octanol–water partition coefficient (Wildman–Crippen LogP) is 1.15. The van der Waals surface area contributed by atoms with Gasteiger partial charge in [0.1, 0.15) is 11.2 Å². The summed E-state index contributed by atoms with van der Waals surface area (Å²) in [6.07, 6.45) is 3.94. The molecule has 0 bridgehead atoms. The highest BCUT2D eigenvalue weighted by atomic mass is 35.5. The number of nitrogens with zero attached hydrogens (tertiary/aromatic N) is 2. The molecule has 1 fully saturated rings. The van der Waals surface area contributed by atoms with Crippen LogP contribution in [0.4, 0.5) is 0 Å². The summed E-state index contributed by atoms with van der Waals surface area (Å²) >= 11 is 0. The Bertz CT molecular complexity index is 774. The van der Waals surface area contributed by atoms with E-state index in [1.807, 2.05) is 13.0 Å². The largest absolute Gasteiger partial charge is 0.349 e. The predicted molar refractivity (Wildman–Crippen MR) is 91.4 cm³/mol. The van der Waals surface area contributed by atoms with Crippen LogP contribution in [0.2, 0.25) is 0 Å². The van der Waals surface area contributed by atoms with E-state index < -0.39 is 0 Å². The zero-order valence-corrected chi connectivity index (χ0v) is 14.0. The maximum absolute atomic E-state index is 12.5. The molecule has 0 aliphatic carbocycles. The highest BCUT2D eigenvalue weighted by Crippen LogP contribution is 2.11. The summed E-state index contributed by atoms with van der Waals surface area (Å²) in [5, 5.41) is 6.26. The van der Waals surface area contributed by atoms with E-state index in [9.17, 15) is 9.59 Å². The van der Waals surface area contributed by atoms with Crippen molar-refractivity contribution >= 4 is 24.0 Å². The Morgan fingerprint density at radius 2 is 2.22 bits per heavy atom. The van der Waals surface area contributed by atoms with Gasteiger partial charge in [-0.2, -0.15) is 0 Å². The van der Waals surface area contributed by atoms with Crippen LogP contribution in [-0.4, -0.2) is 34.4 Å². The van der Waals surface area contributed by atoms with Crippen LogP contribution in [0.3, 0.4) is 0 Å². The molecular formula is C16H21ClN4O2. The Kier molecular flexibility index (Phi) is 5.38. The molecule has 2 aromatic heterocycles. The van der Waals surface area contributed by atoms with E-state index in [2.05, 4.69) is 22.5 Å². The van der Waals surface area contributed by atoms with Crippen molar-refractivity contribution in [2.45, 2.75) is 26.3 Å². The standard InChI is InChI=1S/C16H20N4O2.ClH/c1-10-3-4-14-18-8-12(16(22)20(14)9-10)15(21)19-13-5-6-17-7-11(13)2;/h3-4,8-9,11,13,17H,5-7H2,1-2H3,(H,19,21);1H. The molecule has 0 aromatic carbocycles. The highest BCUT2D eigenvalue weighted by Gasteiger charge is 2.24. The van der Waals surface area contributed by atoms with E-state index in [1.54, 1.807) is 12.3 Å². The molecule has 0 saturated carbocycles. The molecule has 6 nitrogen and oxygen atoms in total. The molecule has 2 unspecified atom stereocenters. The molecule has 2 aromatic rings. The van der Waals surface area contributed by atoms with Crippen molar-refractivity contribution in [2.24, 2.45) is 5.92 Å². The lowest BCUT2D eigenvalue weighted by Gasteiger charge is -2.30. The van der Waals surface area contributed by atoms with Gasteiger partial charge in [0.25, 0.3) is 11.5 Å². The number of halogens is 1. The number of hydrogen-bond acceptors (Lipinski definition) is 4. The van der Waals surface area contributed by atoms with Crippen molar-refractivity contribution in [3.63, 3.8) is 0 Å². The van der Waals surface area contributed by atoms with Crippen LogP contribution in [0.25, 0.3) is 5.65 Å². The Morgan fingerprint density at radius 1 is 1.43 bits per heavy atom. The molecule has 0 spiro atoms. The fraction of sp³-hybridized carbons (Fsp3) is 0.438. The van der Waals surface area contributed by atoms with E-state index in [-0.39, 0.29) is 35.5 Å². The van der Waals surface area contributed by atoms with Crippen LogP contribution in [0.15, 0.2) is 29.3 Å². The minimum Gasteiger partial charge on any atom is -0.349 e. The van der Waals surface area contributed by atoms with Gasteiger partial charge in [0, 0.05) is 18.4 Å². The van der Waals surface area contributed by atoms with Crippen LogP contribution in [0.5, 0.6) is 0 Å². The van der Waals surface area contributed by atoms with Crippen LogP contribution < -0.4 is 16.2 Å². The Labute approximate surface area is 140 Å². The number of hydrogen-bond donors (Lipinski definition) is 2. The minimum atomic E-state index is -0.341. The second kappa shape index (κ2) is 7.10. The maximum Gasteiger partial charge on any atom is 0.270 e. The number of aryl methyl sites for hydroxylation is 1. The topological polar surface area (TPSA) is 75.5 Å². The van der Waals surface area contributed by atoms with Gasteiger partial charge < -0.3 is 10.6 Å². The molecule has 23 heavy (non-hydrogen) atoms. The first-order valence-electron chi connectivity index (χ1n) is 7.56. The van der Waals surface area contributed by atoms with Crippen LogP contribution >= 0.6 is 12.4 Å². The number of fused-ring (bicyclic) bond motifs is 1. The lowest BCUT2D eigenvalue weighted by atomic mass is 9.95. The third-order valence-corrected chi connectivity index (χ3v) is 4.20. The van der Waals surface area contributed by atoms with Gasteiger partial charge in [-0.05, 0) is 44.0 Å². The van der Waals surface area contributed by atoms with Gasteiger partial charge >= 0.3 is 0 Å². The molecule has 124 valence electrons. The highest BCUT2D eigenvalue weighted by molar-refractivity contribution is 5.94. The zero-order valence-electron chi connectivity index (χ0n) is 13.2. The minimum absolute atomic E-state index is 0. The molecule has 2 N–H and O–H groups in total. The van der Waals surface area contributed by atoms with Gasteiger partial charge in [-0.15, -0.1) is 12.4 Å². The first-order valence-corrected chi connectivity index (χ1v) is 7.56. The van der Waals surface area contributed by atoms with Crippen LogP contribution in [-0.2, 0) is 0 Å². The van der Waals surface area contributed by atoms with Crippen LogP contribution in [0, 0.1) is 12.8 Å². The third kappa shape index (κ3) is 3.54. The average molecular weight is 337 g/mol. The molecular weight excluding hydrogens is 316 g/mol. The number of pyridine rings is 1. The molecule has 1 saturated heterocycles. The molecule has 1 amide bonds. The van der Waals surface area contributed by atoms with Gasteiger partial charge in [-0.25, -0.2) is 4.98 Å². The van der Waals surface area contributed by atoms with E-state index in [1.165, 1.54) is 10.6 Å². The number of carbonyl (C=O) groups excluding carboxylic acids is 1. The lowest BCUT2D eigenvalue weighted by molar-refractivity contribution is 0.0912. The number of carbonyl (C=O) groups is 1. The molecule has 7 heteroatoms. The summed E-state index contributed by atoms with van der Waals surface area (Å²) < 4.78 is 1.43. The van der Waals surface area contributed by atoms with Crippen molar-refractivity contribution in [3.05, 3.63) is 46.0 Å². The van der Waals surface area contributed by atoms with Crippen molar-refractivity contribution < 1.29 is 4.79 Å². The Hall–Kier alpha value is -1.92. The van der Waals surface area contributed by atoms with Gasteiger partial charge in [0.05, 0.1) is 0 Å². The summed E-state index contributed by atoms with van der Waals surface area (Å²) in [4.78, 5) is 29.1. The van der Waals surface area contributed by atoms with Crippen molar-refractivity contribution in [2.75, 3.05) is 13.1 Å². The Morgan fingerprint density at radius 3 is 2.96 bits per heavy atom. The molecule has 3 heterocycles. The molecule has 2 atom stereocenters. The van der Waals surface area contributed by atoms with Gasteiger partial charge in [0.15, 0.2) is 0 Å². The number of aromatic nitrogens is 2. The van der Waals surface area contributed by atoms with E-state index in [4.69, 9.17) is 0 Å². The molecule has 0 radical (unpaired) electrons. The summed E-state index contributed by atoms with van der Waals surface area (Å²) in [5.41, 5.74) is 1.25. The summed E-state index contributed by atoms with van der Waals surface area (Å²) in [7, 11) is 0. The molecule has 1 aliphatic rings. The number of rotatable bonds is 2. The number of piperidine rings is 1. The Balaban J connectivity index is 0.00000192. The molecule has 3 rings (SSSR count). The second-order valence-corrected chi connectivity index (χ2v) is 5.96. The second-order valence-electron chi connectivity index (χ2n) is 5.96. The SMILES string of the molecule is Cc1ccc2ncc(C(=O)NC3CCNCC3C)c(=O)n2c1.Cl. The van der Waals surface area contributed by atoms with Gasteiger partial charge in [0.2, 0.25) is 0 Å². The zero-order chi connectivity index (χ0) is 15.7. The fourth-order valence-corrected chi connectivity index (χ4v) is 2.81. The third-order valence-electron chi connectivity index (χ3n) is 4.20. The first kappa shape index (κ1) is 17.4. The van der Waals surface area contributed by atoms with E-state index in [0.717, 1.165) is 25.1 Å². The number of amides is 1. The van der Waals surface area contributed by atoms with Gasteiger partial charge in [-0.1, -0.05) is 13.0 Å². The first-order chi connectivity index (χ1) is 10.6. The number of nitrogens with one attached hydrogen (secondary N) is 2. The summed E-state index contributed by atoms with van der Waals surface area (Å²) in [5.74, 6) is 0.00303. The fourth-order valence-electron chi connectivity index (χ4n) is 2.81. The average Bonchev–Trinajstić information content (AvgIpc) is 2.50. The van der Waals surface area contributed by atoms with Gasteiger partial charge in [-0.3, -0.25) is 14.0 Å². The summed E-state index contributed by atoms with van der Waals surface area (Å²) in [6, 6.07) is 3.75. The maximum atomic E-state index is 12.5. The molecule has 1 aliphatic heterocycles. The lowest BCUT2D eigenvalue weighted by Crippen LogP contribution is -2.49. The summed E-state index contributed by atoms with van der Waals surface area (Å²) in [6.45, 7) is 5.74. The monoisotopic (exact) mass is 336 g/mol. The van der Waals surface area contributed by atoms with Crippen molar-refractivity contribution in [1.82, 2.24) is 20.0 Å².